The summed E-state index contributed by atoms with van der Waals surface area (Å²) in [5.74, 6) is -0.903. The summed E-state index contributed by atoms with van der Waals surface area (Å²) >= 11 is 6.13. The van der Waals surface area contributed by atoms with Gasteiger partial charge in [-0.05, 0) is 29.8 Å². The van der Waals surface area contributed by atoms with Gasteiger partial charge < -0.3 is 0 Å². The van der Waals surface area contributed by atoms with Gasteiger partial charge >= 0.3 is 6.18 Å². The number of hydrogen-bond donors (Lipinski definition) is 1. The zero-order valence-electron chi connectivity index (χ0n) is 14.5. The Kier molecular flexibility index (Phi) is 6.01. The normalized spacial score (nSPS) is 11.8. The number of halogens is 4. The van der Waals surface area contributed by atoms with E-state index in [4.69, 9.17) is 11.6 Å². The average molecular weight is 434 g/mol. The van der Waals surface area contributed by atoms with Crippen LogP contribution in [-0.2, 0) is 6.18 Å². The number of hydrogen-bond acceptors (Lipinski definition) is 5. The number of anilines is 1. The van der Waals surface area contributed by atoms with Crippen molar-refractivity contribution in [3.8, 4) is 17.2 Å². The molecule has 3 aromatic rings. The molecular weight excluding hydrogens is 423 g/mol. The summed E-state index contributed by atoms with van der Waals surface area (Å²) in [5, 5.41) is 13.4. The van der Waals surface area contributed by atoms with E-state index in [1.807, 2.05) is 0 Å². The Balaban J connectivity index is 1.96. The van der Waals surface area contributed by atoms with Crippen LogP contribution in [0.5, 0.6) is 0 Å². The number of benzene rings is 2. The van der Waals surface area contributed by atoms with Gasteiger partial charge in [0.05, 0.1) is 10.6 Å². The Hall–Kier alpha value is -3.15. The molecular formula is C20H11ClF3N3OS. The lowest BCUT2D eigenvalue weighted by molar-refractivity contribution is -0.133. The molecule has 29 heavy (non-hydrogen) atoms. The van der Waals surface area contributed by atoms with Crippen LogP contribution in [0.25, 0.3) is 11.1 Å². The van der Waals surface area contributed by atoms with E-state index in [0.717, 1.165) is 6.07 Å². The number of nitriles is 1. The fourth-order valence-electron chi connectivity index (χ4n) is 2.47. The number of Topliss-reactive ketones (excluding diaryl/α,β-unsaturated/α-hetero) is 1. The van der Waals surface area contributed by atoms with Gasteiger partial charge in [0.15, 0.2) is 0 Å². The van der Waals surface area contributed by atoms with Crippen LogP contribution < -0.4 is 5.43 Å². The van der Waals surface area contributed by atoms with Crippen LogP contribution in [0.4, 0.5) is 18.9 Å². The molecule has 0 amide bonds. The summed E-state index contributed by atoms with van der Waals surface area (Å²) in [5.41, 5.74) is 2.57. The van der Waals surface area contributed by atoms with Crippen LogP contribution in [0.1, 0.15) is 14.5 Å². The maximum Gasteiger partial charge on any atom is 0.426 e. The number of rotatable bonds is 5. The SMILES string of the molecule is N#C/C(=N\Nc1cccc(Cl)c1)C(=O)c1cc(-c2ccccc2)c(C(F)(F)F)s1. The molecule has 9 heteroatoms. The Bertz CT molecular complexity index is 1120. The van der Waals surface area contributed by atoms with Gasteiger partial charge in [-0.15, -0.1) is 11.3 Å². The minimum Gasteiger partial charge on any atom is -0.285 e. The molecule has 2 aromatic carbocycles. The van der Waals surface area contributed by atoms with Gasteiger partial charge in [0, 0.05) is 10.6 Å². The Labute approximate surface area is 172 Å². The standard InChI is InChI=1S/C20H11ClF3N3OS/c21-13-7-4-8-14(9-13)26-27-16(11-25)18(28)17-10-15(12-5-2-1-3-6-12)19(29-17)20(22,23)24/h1-10,26H/b27-16+. The predicted octanol–water partition coefficient (Wildman–Crippen LogP) is 6.26. The highest BCUT2D eigenvalue weighted by atomic mass is 35.5. The first kappa shape index (κ1) is 20.6. The largest absolute Gasteiger partial charge is 0.426 e. The molecule has 0 aliphatic rings. The molecule has 0 radical (unpaired) electrons. The van der Waals surface area contributed by atoms with E-state index in [1.54, 1.807) is 42.5 Å². The number of carbonyl (C=O) groups excluding carboxylic acids is 1. The first-order valence-corrected chi connectivity index (χ1v) is 9.29. The van der Waals surface area contributed by atoms with E-state index >= 15 is 0 Å². The third kappa shape index (κ3) is 4.83. The van der Waals surface area contributed by atoms with E-state index < -0.39 is 22.5 Å². The van der Waals surface area contributed by atoms with Gasteiger partial charge in [-0.25, -0.2) is 0 Å². The summed E-state index contributed by atoms with van der Waals surface area (Å²) in [6, 6.07) is 17.1. The average Bonchev–Trinajstić information content (AvgIpc) is 3.15. The molecule has 3 rings (SSSR count). The topological polar surface area (TPSA) is 65.2 Å². The van der Waals surface area contributed by atoms with Crippen molar-refractivity contribution >= 4 is 40.1 Å². The lowest BCUT2D eigenvalue weighted by atomic mass is 10.1. The molecule has 0 fully saturated rings. The summed E-state index contributed by atoms with van der Waals surface area (Å²) in [7, 11) is 0. The zero-order chi connectivity index (χ0) is 21.0. The Morgan fingerprint density at radius 2 is 1.83 bits per heavy atom. The quantitative estimate of drug-likeness (QED) is 0.293. The number of carbonyl (C=O) groups is 1. The summed E-state index contributed by atoms with van der Waals surface area (Å²) in [6.45, 7) is 0. The van der Waals surface area contributed by atoms with Gasteiger partial charge in [0.25, 0.3) is 0 Å². The number of nitrogens with zero attached hydrogens (tertiary/aromatic N) is 2. The van der Waals surface area contributed by atoms with Gasteiger partial charge in [0.1, 0.15) is 10.9 Å². The van der Waals surface area contributed by atoms with Crippen LogP contribution in [0, 0.1) is 11.3 Å². The van der Waals surface area contributed by atoms with Crippen LogP contribution in [0.2, 0.25) is 5.02 Å². The van der Waals surface area contributed by atoms with E-state index in [2.05, 4.69) is 10.5 Å². The van der Waals surface area contributed by atoms with Gasteiger partial charge in [-0.3, -0.25) is 10.2 Å². The van der Waals surface area contributed by atoms with E-state index in [-0.39, 0.29) is 21.8 Å². The van der Waals surface area contributed by atoms with Crippen LogP contribution >= 0.6 is 22.9 Å². The van der Waals surface area contributed by atoms with Crippen LogP contribution in [0.3, 0.4) is 0 Å². The molecule has 0 aliphatic heterocycles. The van der Waals surface area contributed by atoms with Gasteiger partial charge in [-0.2, -0.15) is 23.5 Å². The summed E-state index contributed by atoms with van der Waals surface area (Å²) in [4.78, 5) is 11.5. The number of hydrazone groups is 1. The molecule has 0 aliphatic carbocycles. The monoisotopic (exact) mass is 433 g/mol. The lowest BCUT2D eigenvalue weighted by Crippen LogP contribution is -2.13. The Morgan fingerprint density at radius 1 is 1.10 bits per heavy atom. The highest BCUT2D eigenvalue weighted by Gasteiger charge is 2.37. The highest BCUT2D eigenvalue weighted by molar-refractivity contribution is 7.15. The molecule has 0 unspecified atom stereocenters. The molecule has 146 valence electrons. The van der Waals surface area contributed by atoms with E-state index in [1.165, 1.54) is 18.2 Å². The van der Waals surface area contributed by atoms with Crippen LogP contribution in [0.15, 0.2) is 65.8 Å². The molecule has 1 N–H and O–H groups in total. The van der Waals surface area contributed by atoms with Crippen molar-refractivity contribution in [1.29, 1.82) is 5.26 Å². The molecule has 0 atom stereocenters. The van der Waals surface area contributed by atoms with Crippen molar-refractivity contribution < 1.29 is 18.0 Å². The number of alkyl halides is 3. The minimum atomic E-state index is -4.64. The third-order valence-electron chi connectivity index (χ3n) is 3.74. The van der Waals surface area contributed by atoms with E-state index in [9.17, 15) is 23.2 Å². The third-order valence-corrected chi connectivity index (χ3v) is 5.15. The molecule has 0 saturated heterocycles. The molecule has 1 heterocycles. The first-order valence-electron chi connectivity index (χ1n) is 8.10. The molecule has 0 saturated carbocycles. The second-order valence-corrected chi connectivity index (χ2v) is 7.23. The molecule has 0 bridgehead atoms. The fourth-order valence-corrected chi connectivity index (χ4v) is 3.65. The maximum absolute atomic E-state index is 13.5. The molecule has 0 spiro atoms. The lowest BCUT2D eigenvalue weighted by Gasteiger charge is -2.07. The highest BCUT2D eigenvalue weighted by Crippen LogP contribution is 2.42. The van der Waals surface area contributed by atoms with Gasteiger partial charge in [0.2, 0.25) is 11.5 Å². The number of thiophene rings is 1. The predicted molar refractivity (Wildman–Crippen MR) is 107 cm³/mol. The smallest absolute Gasteiger partial charge is 0.285 e. The first-order chi connectivity index (χ1) is 13.8. The summed E-state index contributed by atoms with van der Waals surface area (Å²) < 4.78 is 40.4. The van der Waals surface area contributed by atoms with Crippen LogP contribution in [-0.4, -0.2) is 11.5 Å². The maximum atomic E-state index is 13.5. The number of ketones is 1. The number of nitrogens with one attached hydrogen (secondary N) is 1. The molecule has 1 aromatic heterocycles. The zero-order valence-corrected chi connectivity index (χ0v) is 16.1. The fraction of sp³-hybridized carbons (Fsp3) is 0.0500. The summed E-state index contributed by atoms with van der Waals surface area (Å²) in [6.07, 6.45) is -4.64. The van der Waals surface area contributed by atoms with Crippen molar-refractivity contribution in [3.05, 3.63) is 75.4 Å². The molecule has 4 nitrogen and oxygen atoms in total. The van der Waals surface area contributed by atoms with Crippen molar-refractivity contribution in [2.75, 3.05) is 5.43 Å². The van der Waals surface area contributed by atoms with Crippen molar-refractivity contribution in [1.82, 2.24) is 0 Å². The van der Waals surface area contributed by atoms with Gasteiger partial charge in [-0.1, -0.05) is 48.0 Å². The minimum absolute atomic E-state index is 0.119. The Morgan fingerprint density at radius 3 is 2.45 bits per heavy atom. The van der Waals surface area contributed by atoms with Crippen molar-refractivity contribution in [2.45, 2.75) is 6.18 Å². The van der Waals surface area contributed by atoms with E-state index in [0.29, 0.717) is 16.3 Å². The second-order valence-electron chi connectivity index (χ2n) is 5.74. The van der Waals surface area contributed by atoms with Crippen molar-refractivity contribution in [3.63, 3.8) is 0 Å². The van der Waals surface area contributed by atoms with Crippen molar-refractivity contribution in [2.24, 2.45) is 5.10 Å². The second kappa shape index (κ2) is 8.47.